The van der Waals surface area contributed by atoms with Crippen LogP contribution in [0.4, 0.5) is 5.69 Å². The molecular weight excluding hydrogens is 408 g/mol. The minimum absolute atomic E-state index is 0.0307. The monoisotopic (exact) mass is 440 g/mol. The molecule has 0 aromatic heterocycles. The molecule has 33 heavy (non-hydrogen) atoms. The molecule has 0 radical (unpaired) electrons. The Bertz CT molecular complexity index is 1120. The minimum atomic E-state index is -0.235. The summed E-state index contributed by atoms with van der Waals surface area (Å²) in [5.74, 6) is -0.0283. The quantitative estimate of drug-likeness (QED) is 0.685. The van der Waals surface area contributed by atoms with Gasteiger partial charge < -0.3 is 10.2 Å². The van der Waals surface area contributed by atoms with E-state index in [-0.39, 0.29) is 29.7 Å². The zero-order valence-electron chi connectivity index (χ0n) is 19.3. The second kappa shape index (κ2) is 9.38. The van der Waals surface area contributed by atoms with E-state index >= 15 is 0 Å². The van der Waals surface area contributed by atoms with Crippen LogP contribution in [0.2, 0.25) is 0 Å². The van der Waals surface area contributed by atoms with Crippen molar-refractivity contribution in [2.75, 3.05) is 11.9 Å². The van der Waals surface area contributed by atoms with Gasteiger partial charge in [-0.05, 0) is 80.3 Å². The average molecular weight is 441 g/mol. The largest absolute Gasteiger partial charge is 0.334 e. The number of nitrogens with zero attached hydrogens (tertiary/aromatic N) is 1. The first-order valence-corrected chi connectivity index (χ1v) is 12.2. The van der Waals surface area contributed by atoms with E-state index < -0.39 is 0 Å². The molecule has 170 valence electrons. The fraction of sp³-hybridized carbons (Fsp3) is 0.379. The molecule has 1 saturated heterocycles. The van der Waals surface area contributed by atoms with Crippen molar-refractivity contribution in [1.82, 2.24) is 4.90 Å². The van der Waals surface area contributed by atoms with E-state index in [2.05, 4.69) is 35.7 Å². The van der Waals surface area contributed by atoms with E-state index in [1.54, 1.807) is 0 Å². The minimum Gasteiger partial charge on any atom is -0.334 e. The number of carbonyl (C=O) groups excluding carboxylic acids is 2. The number of aryl methyl sites for hydroxylation is 3. The van der Waals surface area contributed by atoms with E-state index in [1.807, 2.05) is 48.2 Å². The van der Waals surface area contributed by atoms with Gasteiger partial charge in [-0.2, -0.15) is 0 Å². The highest BCUT2D eigenvalue weighted by molar-refractivity contribution is 5.98. The summed E-state index contributed by atoms with van der Waals surface area (Å²) < 4.78 is 0. The molecule has 3 aliphatic rings. The molecule has 4 nitrogen and oxygen atoms in total. The summed E-state index contributed by atoms with van der Waals surface area (Å²) in [6.45, 7) is 2.67. The van der Waals surface area contributed by atoms with Gasteiger partial charge in [0.05, 0.1) is 12.0 Å². The maximum absolute atomic E-state index is 13.7. The predicted octanol–water partition coefficient (Wildman–Crippen LogP) is 5.48. The van der Waals surface area contributed by atoms with Crippen LogP contribution in [0, 0.1) is 18.8 Å². The standard InChI is InChI=1S/C29H32N2O2/c1-20-9-5-6-14-25(20)29(33)31-18-8-15-26(27(31)22-10-3-2-4-11-22)28(32)30-24-17-16-21-12-7-13-23(21)19-24/h2-6,9-10,14,16-17,19,22,26-27H,7-8,11-13,15,18H2,1H3,(H,30,32)/t22-,26?,27?/m1/s1. The Morgan fingerprint density at radius 3 is 2.67 bits per heavy atom. The number of anilines is 1. The fourth-order valence-electron chi connectivity index (χ4n) is 5.78. The molecule has 2 amide bonds. The lowest BCUT2D eigenvalue weighted by atomic mass is 9.77. The van der Waals surface area contributed by atoms with Gasteiger partial charge in [-0.25, -0.2) is 0 Å². The van der Waals surface area contributed by atoms with E-state index in [9.17, 15) is 9.59 Å². The van der Waals surface area contributed by atoms with Gasteiger partial charge >= 0.3 is 0 Å². The normalized spacial score (nSPS) is 23.9. The van der Waals surface area contributed by atoms with Crippen LogP contribution in [0.1, 0.15) is 52.7 Å². The van der Waals surface area contributed by atoms with Crippen molar-refractivity contribution in [1.29, 1.82) is 0 Å². The van der Waals surface area contributed by atoms with Gasteiger partial charge in [-0.15, -0.1) is 0 Å². The highest BCUT2D eigenvalue weighted by Gasteiger charge is 2.42. The summed E-state index contributed by atoms with van der Waals surface area (Å²) in [4.78, 5) is 29.3. The van der Waals surface area contributed by atoms with Gasteiger partial charge in [0.1, 0.15) is 0 Å². The SMILES string of the molecule is Cc1ccccc1C(=O)N1CCCC(C(=O)Nc2ccc3c(c2)CCC3)C1[C@@H]1C=CC=CC1. The molecule has 2 aromatic rings. The Hall–Kier alpha value is -3.14. The van der Waals surface area contributed by atoms with Crippen molar-refractivity contribution in [3.8, 4) is 0 Å². The van der Waals surface area contributed by atoms with E-state index in [1.165, 1.54) is 17.5 Å². The molecule has 2 aliphatic carbocycles. The van der Waals surface area contributed by atoms with E-state index in [0.29, 0.717) is 6.54 Å². The lowest BCUT2D eigenvalue weighted by Gasteiger charge is -2.44. The summed E-state index contributed by atoms with van der Waals surface area (Å²) in [6.07, 6.45) is 14.3. The molecule has 3 atom stereocenters. The molecule has 0 saturated carbocycles. The Morgan fingerprint density at radius 1 is 1.00 bits per heavy atom. The molecule has 1 fully saturated rings. The number of amides is 2. The highest BCUT2D eigenvalue weighted by Crippen LogP contribution is 2.35. The summed E-state index contributed by atoms with van der Waals surface area (Å²) in [6, 6.07) is 13.9. The van der Waals surface area contributed by atoms with Crippen molar-refractivity contribution in [2.24, 2.45) is 11.8 Å². The first kappa shape index (κ1) is 21.7. The van der Waals surface area contributed by atoms with Crippen LogP contribution in [0.15, 0.2) is 66.8 Å². The lowest BCUT2D eigenvalue weighted by Crippen LogP contribution is -2.55. The molecule has 1 aliphatic heterocycles. The van der Waals surface area contributed by atoms with Crippen LogP contribution >= 0.6 is 0 Å². The van der Waals surface area contributed by atoms with Gasteiger partial charge in [-0.1, -0.05) is 48.6 Å². The summed E-state index contributed by atoms with van der Waals surface area (Å²) in [7, 11) is 0. The third-order valence-electron chi connectivity index (χ3n) is 7.48. The predicted molar refractivity (Wildman–Crippen MR) is 132 cm³/mol. The summed E-state index contributed by atoms with van der Waals surface area (Å²) >= 11 is 0. The number of fused-ring (bicyclic) bond motifs is 1. The van der Waals surface area contributed by atoms with Crippen molar-refractivity contribution in [3.63, 3.8) is 0 Å². The van der Waals surface area contributed by atoms with Crippen LogP contribution < -0.4 is 5.32 Å². The Kier molecular flexibility index (Phi) is 6.17. The Labute approximate surface area is 196 Å². The number of piperidine rings is 1. The Morgan fingerprint density at radius 2 is 1.85 bits per heavy atom. The number of carbonyl (C=O) groups is 2. The van der Waals surface area contributed by atoms with Gasteiger partial charge in [0.2, 0.25) is 5.91 Å². The van der Waals surface area contributed by atoms with Crippen LogP contribution in [-0.2, 0) is 17.6 Å². The van der Waals surface area contributed by atoms with Crippen LogP contribution in [0.5, 0.6) is 0 Å². The van der Waals surface area contributed by atoms with Crippen LogP contribution in [0.3, 0.4) is 0 Å². The third kappa shape index (κ3) is 4.39. The second-order valence-electron chi connectivity index (χ2n) is 9.59. The van der Waals surface area contributed by atoms with E-state index in [4.69, 9.17) is 0 Å². The zero-order chi connectivity index (χ0) is 22.8. The number of allylic oxidation sites excluding steroid dienone is 3. The number of likely N-dealkylation sites (tertiary alicyclic amines) is 1. The molecular formula is C29H32N2O2. The average Bonchev–Trinajstić information content (AvgIpc) is 3.32. The molecule has 1 heterocycles. The highest BCUT2D eigenvalue weighted by atomic mass is 16.2. The summed E-state index contributed by atoms with van der Waals surface area (Å²) in [5, 5.41) is 3.20. The van der Waals surface area contributed by atoms with Gasteiger partial charge in [0.15, 0.2) is 0 Å². The number of hydrogen-bond donors (Lipinski definition) is 1. The number of nitrogens with one attached hydrogen (secondary N) is 1. The lowest BCUT2D eigenvalue weighted by molar-refractivity contribution is -0.123. The molecule has 0 bridgehead atoms. The van der Waals surface area contributed by atoms with Crippen molar-refractivity contribution < 1.29 is 9.59 Å². The topological polar surface area (TPSA) is 49.4 Å². The second-order valence-corrected chi connectivity index (χ2v) is 9.59. The Balaban J connectivity index is 1.43. The molecule has 1 N–H and O–H groups in total. The third-order valence-corrected chi connectivity index (χ3v) is 7.48. The molecule has 0 spiro atoms. The molecule has 2 aromatic carbocycles. The maximum atomic E-state index is 13.7. The van der Waals surface area contributed by atoms with Crippen LogP contribution in [0.25, 0.3) is 0 Å². The van der Waals surface area contributed by atoms with Crippen LogP contribution in [-0.4, -0.2) is 29.3 Å². The smallest absolute Gasteiger partial charge is 0.254 e. The fourth-order valence-corrected chi connectivity index (χ4v) is 5.78. The molecule has 2 unspecified atom stereocenters. The van der Waals surface area contributed by atoms with Gasteiger partial charge in [0, 0.05) is 23.7 Å². The first-order chi connectivity index (χ1) is 16.1. The van der Waals surface area contributed by atoms with Crippen molar-refractivity contribution in [2.45, 2.75) is 51.5 Å². The van der Waals surface area contributed by atoms with Gasteiger partial charge in [0.25, 0.3) is 5.91 Å². The van der Waals surface area contributed by atoms with Gasteiger partial charge in [-0.3, -0.25) is 9.59 Å². The molecule has 5 rings (SSSR count). The summed E-state index contributed by atoms with van der Waals surface area (Å²) in [5.41, 5.74) is 5.34. The number of hydrogen-bond acceptors (Lipinski definition) is 2. The van der Waals surface area contributed by atoms with Crippen molar-refractivity contribution >= 4 is 17.5 Å². The first-order valence-electron chi connectivity index (χ1n) is 12.2. The molecule has 4 heteroatoms. The number of rotatable bonds is 4. The number of benzene rings is 2. The van der Waals surface area contributed by atoms with Crippen molar-refractivity contribution in [3.05, 3.63) is 89.0 Å². The maximum Gasteiger partial charge on any atom is 0.254 e. The zero-order valence-corrected chi connectivity index (χ0v) is 19.3. The van der Waals surface area contributed by atoms with E-state index in [0.717, 1.165) is 48.9 Å².